The number of nitrogens with zero attached hydrogens (tertiary/aromatic N) is 2. The normalized spacial score (nSPS) is 20.5. The molecule has 146 valence electrons. The fraction of sp³-hybridized carbons (Fsp3) is 0.950. The minimum atomic E-state index is 0.394. The highest BCUT2D eigenvalue weighted by Crippen LogP contribution is 2.40. The van der Waals surface area contributed by atoms with E-state index in [1.165, 1.54) is 38.5 Å². The fourth-order valence-corrected chi connectivity index (χ4v) is 4.14. The molecule has 5 heteroatoms. The second-order valence-corrected chi connectivity index (χ2v) is 8.07. The number of ether oxygens (including phenoxy) is 1. The Morgan fingerprint density at radius 1 is 1.24 bits per heavy atom. The highest BCUT2D eigenvalue weighted by Gasteiger charge is 2.33. The van der Waals surface area contributed by atoms with Gasteiger partial charge in [0.05, 0.1) is 0 Å². The molecule has 2 aliphatic carbocycles. The van der Waals surface area contributed by atoms with Crippen molar-refractivity contribution in [1.82, 2.24) is 15.5 Å². The minimum Gasteiger partial charge on any atom is -0.382 e. The summed E-state index contributed by atoms with van der Waals surface area (Å²) < 4.78 is 5.62. The molecule has 0 bridgehead atoms. The van der Waals surface area contributed by atoms with E-state index in [1.54, 1.807) is 0 Å². The van der Waals surface area contributed by atoms with Crippen LogP contribution in [0.25, 0.3) is 0 Å². The van der Waals surface area contributed by atoms with Gasteiger partial charge in [-0.05, 0) is 58.3 Å². The van der Waals surface area contributed by atoms with Crippen molar-refractivity contribution in [2.24, 2.45) is 10.4 Å². The van der Waals surface area contributed by atoms with Gasteiger partial charge in [0, 0.05) is 52.0 Å². The van der Waals surface area contributed by atoms with Crippen LogP contribution in [-0.4, -0.2) is 62.8 Å². The topological polar surface area (TPSA) is 48.9 Å². The van der Waals surface area contributed by atoms with Crippen molar-refractivity contribution >= 4 is 5.96 Å². The highest BCUT2D eigenvalue weighted by molar-refractivity contribution is 5.79. The van der Waals surface area contributed by atoms with Gasteiger partial charge in [0.15, 0.2) is 5.96 Å². The third-order valence-corrected chi connectivity index (χ3v) is 5.84. The van der Waals surface area contributed by atoms with Crippen molar-refractivity contribution in [2.75, 3.05) is 39.9 Å². The Morgan fingerprint density at radius 2 is 1.96 bits per heavy atom. The summed E-state index contributed by atoms with van der Waals surface area (Å²) >= 11 is 0. The van der Waals surface area contributed by atoms with Crippen LogP contribution in [0.4, 0.5) is 0 Å². The summed E-state index contributed by atoms with van der Waals surface area (Å²) in [6.07, 6.45) is 9.23. The van der Waals surface area contributed by atoms with Crippen LogP contribution >= 0.6 is 0 Å². The molecule has 25 heavy (non-hydrogen) atoms. The zero-order chi connectivity index (χ0) is 18.1. The zero-order valence-electron chi connectivity index (χ0n) is 16.9. The van der Waals surface area contributed by atoms with Crippen molar-refractivity contribution in [1.29, 1.82) is 0 Å². The molecule has 0 saturated heterocycles. The van der Waals surface area contributed by atoms with Gasteiger partial charge >= 0.3 is 0 Å². The van der Waals surface area contributed by atoms with Gasteiger partial charge in [-0.15, -0.1) is 0 Å². The molecule has 2 N–H and O–H groups in total. The molecular weight excluding hydrogens is 312 g/mol. The van der Waals surface area contributed by atoms with Gasteiger partial charge in [0.2, 0.25) is 0 Å². The summed E-state index contributed by atoms with van der Waals surface area (Å²) in [5, 5.41) is 7.10. The number of guanidine groups is 1. The third kappa shape index (κ3) is 6.78. The Hall–Kier alpha value is -0.810. The van der Waals surface area contributed by atoms with E-state index in [4.69, 9.17) is 4.74 Å². The summed E-state index contributed by atoms with van der Waals surface area (Å²) in [5.74, 6) is 0.946. The lowest BCUT2D eigenvalue weighted by Crippen LogP contribution is -2.46. The van der Waals surface area contributed by atoms with Gasteiger partial charge in [0.1, 0.15) is 0 Å². The molecule has 0 heterocycles. The zero-order valence-corrected chi connectivity index (χ0v) is 16.9. The molecule has 0 atom stereocenters. The lowest BCUT2D eigenvalue weighted by molar-refractivity contribution is 0.105. The maximum Gasteiger partial charge on any atom is 0.191 e. The Balaban J connectivity index is 1.72. The van der Waals surface area contributed by atoms with Crippen molar-refractivity contribution < 1.29 is 4.74 Å². The van der Waals surface area contributed by atoms with E-state index in [1.807, 2.05) is 7.05 Å². The second kappa shape index (κ2) is 10.4. The average molecular weight is 353 g/mol. The van der Waals surface area contributed by atoms with Gasteiger partial charge in [-0.25, -0.2) is 0 Å². The number of hydrogen-bond donors (Lipinski definition) is 2. The SMILES string of the molecule is CCOCCC1(CNC(=NC)NCCN(C(C)C)C2CC2)CCCC1. The molecule has 2 saturated carbocycles. The lowest BCUT2D eigenvalue weighted by Gasteiger charge is -2.30. The maximum absolute atomic E-state index is 5.62. The predicted octanol–water partition coefficient (Wildman–Crippen LogP) is 3.01. The van der Waals surface area contributed by atoms with Gasteiger partial charge in [0.25, 0.3) is 0 Å². The summed E-state index contributed by atoms with van der Waals surface area (Å²) in [5.41, 5.74) is 0.394. The lowest BCUT2D eigenvalue weighted by atomic mass is 9.83. The molecule has 0 spiro atoms. The smallest absolute Gasteiger partial charge is 0.191 e. The average Bonchev–Trinajstić information content (AvgIpc) is 3.33. The van der Waals surface area contributed by atoms with E-state index >= 15 is 0 Å². The maximum atomic E-state index is 5.62. The van der Waals surface area contributed by atoms with Gasteiger partial charge in [-0.2, -0.15) is 0 Å². The minimum absolute atomic E-state index is 0.394. The molecule has 0 aromatic heterocycles. The number of nitrogens with one attached hydrogen (secondary N) is 2. The monoisotopic (exact) mass is 352 g/mol. The van der Waals surface area contributed by atoms with E-state index in [2.05, 4.69) is 41.3 Å². The Bertz CT molecular complexity index is 399. The Morgan fingerprint density at radius 3 is 2.52 bits per heavy atom. The van der Waals surface area contributed by atoms with Crippen molar-refractivity contribution in [2.45, 2.75) is 77.8 Å². The van der Waals surface area contributed by atoms with Crippen molar-refractivity contribution in [3.63, 3.8) is 0 Å². The van der Waals surface area contributed by atoms with Crippen LogP contribution < -0.4 is 10.6 Å². The third-order valence-electron chi connectivity index (χ3n) is 5.84. The second-order valence-electron chi connectivity index (χ2n) is 8.07. The highest BCUT2D eigenvalue weighted by atomic mass is 16.5. The van der Waals surface area contributed by atoms with Crippen LogP contribution in [0.2, 0.25) is 0 Å². The molecule has 0 aromatic carbocycles. The van der Waals surface area contributed by atoms with E-state index in [0.29, 0.717) is 11.5 Å². The summed E-state index contributed by atoms with van der Waals surface area (Å²) in [4.78, 5) is 7.04. The van der Waals surface area contributed by atoms with Crippen LogP contribution in [-0.2, 0) is 4.74 Å². The van der Waals surface area contributed by atoms with E-state index in [0.717, 1.165) is 51.3 Å². The molecule has 0 unspecified atom stereocenters. The van der Waals surface area contributed by atoms with Gasteiger partial charge in [-0.3, -0.25) is 9.89 Å². The first-order chi connectivity index (χ1) is 12.1. The Kier molecular flexibility index (Phi) is 8.50. The first-order valence-corrected chi connectivity index (χ1v) is 10.4. The molecule has 0 aromatic rings. The van der Waals surface area contributed by atoms with E-state index in [9.17, 15) is 0 Å². The first kappa shape index (κ1) is 20.5. The largest absolute Gasteiger partial charge is 0.382 e. The summed E-state index contributed by atoms with van der Waals surface area (Å²) in [6.45, 7) is 11.4. The van der Waals surface area contributed by atoms with Crippen molar-refractivity contribution in [3.8, 4) is 0 Å². The van der Waals surface area contributed by atoms with Crippen LogP contribution in [0.15, 0.2) is 4.99 Å². The van der Waals surface area contributed by atoms with Crippen molar-refractivity contribution in [3.05, 3.63) is 0 Å². The van der Waals surface area contributed by atoms with Crippen LogP contribution in [0, 0.1) is 5.41 Å². The Labute approximate surface area is 155 Å². The van der Waals surface area contributed by atoms with Gasteiger partial charge < -0.3 is 15.4 Å². The van der Waals surface area contributed by atoms with Crippen LogP contribution in [0.5, 0.6) is 0 Å². The fourth-order valence-electron chi connectivity index (χ4n) is 4.14. The molecule has 0 aliphatic heterocycles. The molecule has 2 fully saturated rings. The number of rotatable bonds is 11. The number of aliphatic imine (C=N–C) groups is 1. The molecule has 5 nitrogen and oxygen atoms in total. The standard InChI is InChI=1S/C20H40N4O/c1-5-25-15-12-20(10-6-7-11-20)16-23-19(21-4)22-13-14-24(17(2)3)18-8-9-18/h17-18H,5-16H2,1-4H3,(H2,21,22,23). The summed E-state index contributed by atoms with van der Waals surface area (Å²) in [7, 11) is 1.87. The first-order valence-electron chi connectivity index (χ1n) is 10.4. The molecular formula is C20H40N4O. The van der Waals surface area contributed by atoms with Crippen LogP contribution in [0.3, 0.4) is 0 Å². The molecule has 2 aliphatic rings. The molecule has 0 amide bonds. The van der Waals surface area contributed by atoms with E-state index in [-0.39, 0.29) is 0 Å². The predicted molar refractivity (Wildman–Crippen MR) is 106 cm³/mol. The van der Waals surface area contributed by atoms with Crippen LogP contribution in [0.1, 0.15) is 65.7 Å². The quantitative estimate of drug-likeness (QED) is 0.341. The molecule has 0 radical (unpaired) electrons. The van der Waals surface area contributed by atoms with E-state index < -0.39 is 0 Å². The molecule has 2 rings (SSSR count). The van der Waals surface area contributed by atoms with Gasteiger partial charge in [-0.1, -0.05) is 12.8 Å². The summed E-state index contributed by atoms with van der Waals surface area (Å²) in [6, 6.07) is 1.45. The number of hydrogen-bond acceptors (Lipinski definition) is 3.